The van der Waals surface area contributed by atoms with Crippen molar-refractivity contribution >= 4 is 11.7 Å². The number of aliphatic hydroxyl groups excluding tert-OH is 1. The van der Waals surface area contributed by atoms with Crippen molar-refractivity contribution in [1.29, 1.82) is 0 Å². The summed E-state index contributed by atoms with van der Waals surface area (Å²) >= 11 is 0. The van der Waals surface area contributed by atoms with Crippen molar-refractivity contribution in [2.45, 2.75) is 13.3 Å². The number of anilines is 1. The van der Waals surface area contributed by atoms with Gasteiger partial charge in [0.05, 0.1) is 6.61 Å². The molecule has 0 atom stereocenters. The van der Waals surface area contributed by atoms with Crippen LogP contribution in [-0.2, 0) is 0 Å². The first-order valence-corrected chi connectivity index (χ1v) is 5.89. The summed E-state index contributed by atoms with van der Waals surface area (Å²) in [6, 6.07) is 7.17. The van der Waals surface area contributed by atoms with Crippen LogP contribution in [0.3, 0.4) is 0 Å². The van der Waals surface area contributed by atoms with Gasteiger partial charge in [-0.2, -0.15) is 0 Å². The Morgan fingerprint density at radius 2 is 2.06 bits per heavy atom. The molecule has 0 fully saturated rings. The number of rotatable bonds is 3. The molecule has 0 aliphatic heterocycles. The Hall–Kier alpha value is -1.99. The van der Waals surface area contributed by atoms with Crippen molar-refractivity contribution in [3.05, 3.63) is 29.8 Å². The standard InChI is InChI=1S/C14H18N2O2/c1-3-16(2)14(18)15-13-9-7-12(8-10-13)6-4-5-11-17/h7-10,17H,3,5,11H2,1-2H3,(H,15,18). The van der Waals surface area contributed by atoms with Gasteiger partial charge in [0, 0.05) is 31.3 Å². The summed E-state index contributed by atoms with van der Waals surface area (Å²) in [5.41, 5.74) is 1.61. The van der Waals surface area contributed by atoms with E-state index in [4.69, 9.17) is 5.11 Å². The lowest BCUT2D eigenvalue weighted by Gasteiger charge is -2.15. The summed E-state index contributed by atoms with van der Waals surface area (Å²) in [6.45, 7) is 2.65. The number of benzene rings is 1. The Morgan fingerprint density at radius 3 is 2.61 bits per heavy atom. The number of urea groups is 1. The summed E-state index contributed by atoms with van der Waals surface area (Å²) in [5, 5.41) is 11.4. The van der Waals surface area contributed by atoms with Crippen LogP contribution in [-0.4, -0.2) is 36.2 Å². The minimum Gasteiger partial charge on any atom is -0.395 e. The largest absolute Gasteiger partial charge is 0.395 e. The molecule has 18 heavy (non-hydrogen) atoms. The molecule has 1 aromatic carbocycles. The van der Waals surface area contributed by atoms with Crippen molar-refractivity contribution in [3.8, 4) is 11.8 Å². The molecule has 1 aromatic rings. The Morgan fingerprint density at radius 1 is 1.39 bits per heavy atom. The van der Waals surface area contributed by atoms with Crippen LogP contribution < -0.4 is 5.32 Å². The fourth-order valence-corrected chi connectivity index (χ4v) is 1.22. The van der Waals surface area contributed by atoms with Gasteiger partial charge >= 0.3 is 6.03 Å². The fraction of sp³-hybridized carbons (Fsp3) is 0.357. The van der Waals surface area contributed by atoms with Crippen LogP contribution in [0.5, 0.6) is 0 Å². The number of hydrogen-bond donors (Lipinski definition) is 2. The number of nitrogens with zero attached hydrogens (tertiary/aromatic N) is 1. The SMILES string of the molecule is CCN(C)C(=O)Nc1ccc(C#CCCO)cc1. The molecule has 0 saturated heterocycles. The van der Waals surface area contributed by atoms with Crippen LogP contribution in [0.1, 0.15) is 18.9 Å². The molecule has 0 saturated carbocycles. The number of carbonyl (C=O) groups excluding carboxylic acids is 1. The highest BCUT2D eigenvalue weighted by molar-refractivity contribution is 5.89. The molecule has 1 rings (SSSR count). The van der Waals surface area contributed by atoms with E-state index >= 15 is 0 Å². The number of amides is 2. The van der Waals surface area contributed by atoms with Crippen molar-refractivity contribution < 1.29 is 9.90 Å². The van der Waals surface area contributed by atoms with Gasteiger partial charge in [-0.1, -0.05) is 11.8 Å². The second kappa shape index (κ2) is 7.36. The summed E-state index contributed by atoms with van der Waals surface area (Å²) in [6.07, 6.45) is 0.472. The molecule has 0 bridgehead atoms. The van der Waals surface area contributed by atoms with Crippen molar-refractivity contribution in [2.24, 2.45) is 0 Å². The first kappa shape index (κ1) is 14.1. The van der Waals surface area contributed by atoms with Crippen LogP contribution >= 0.6 is 0 Å². The maximum Gasteiger partial charge on any atom is 0.321 e. The van der Waals surface area contributed by atoms with Crippen molar-refractivity contribution in [3.63, 3.8) is 0 Å². The first-order valence-electron chi connectivity index (χ1n) is 5.89. The summed E-state index contributed by atoms with van der Waals surface area (Å²) in [7, 11) is 1.74. The maximum absolute atomic E-state index is 11.6. The fourth-order valence-electron chi connectivity index (χ4n) is 1.22. The molecule has 0 spiro atoms. The van der Waals surface area contributed by atoms with Gasteiger partial charge in [-0.3, -0.25) is 0 Å². The predicted molar refractivity (Wildman–Crippen MR) is 72.3 cm³/mol. The zero-order chi connectivity index (χ0) is 13.4. The summed E-state index contributed by atoms with van der Waals surface area (Å²) in [5.74, 6) is 5.77. The number of aliphatic hydroxyl groups is 1. The minimum absolute atomic E-state index is 0.0739. The molecular formula is C14H18N2O2. The van der Waals surface area contributed by atoms with Gasteiger partial charge in [-0.15, -0.1) is 0 Å². The Bertz CT molecular complexity index is 443. The lowest BCUT2D eigenvalue weighted by atomic mass is 10.2. The molecule has 0 radical (unpaired) electrons. The lowest BCUT2D eigenvalue weighted by molar-refractivity contribution is 0.224. The molecule has 2 amide bonds. The van der Waals surface area contributed by atoms with E-state index < -0.39 is 0 Å². The Balaban J connectivity index is 2.61. The average molecular weight is 246 g/mol. The maximum atomic E-state index is 11.6. The molecule has 0 aliphatic rings. The number of hydrogen-bond acceptors (Lipinski definition) is 2. The van der Waals surface area contributed by atoms with E-state index in [1.54, 1.807) is 11.9 Å². The van der Waals surface area contributed by atoms with Gasteiger partial charge < -0.3 is 15.3 Å². The van der Waals surface area contributed by atoms with E-state index in [9.17, 15) is 4.79 Å². The Labute approximate surface area is 108 Å². The molecular weight excluding hydrogens is 228 g/mol. The molecule has 4 nitrogen and oxygen atoms in total. The quantitative estimate of drug-likeness (QED) is 0.800. The van der Waals surface area contributed by atoms with E-state index in [0.717, 1.165) is 11.3 Å². The van der Waals surface area contributed by atoms with Gasteiger partial charge in [0.25, 0.3) is 0 Å². The minimum atomic E-state index is -0.128. The lowest BCUT2D eigenvalue weighted by Crippen LogP contribution is -2.30. The first-order chi connectivity index (χ1) is 8.67. The molecule has 96 valence electrons. The predicted octanol–water partition coefficient (Wildman–Crippen LogP) is 1.90. The van der Waals surface area contributed by atoms with Crippen LogP contribution in [0.25, 0.3) is 0 Å². The second-order valence-corrected chi connectivity index (χ2v) is 3.80. The summed E-state index contributed by atoms with van der Waals surface area (Å²) < 4.78 is 0. The van der Waals surface area contributed by atoms with Crippen LogP contribution in [0.4, 0.5) is 10.5 Å². The number of carbonyl (C=O) groups is 1. The average Bonchev–Trinajstić information content (AvgIpc) is 2.40. The highest BCUT2D eigenvalue weighted by Gasteiger charge is 2.05. The normalized spacial score (nSPS) is 9.28. The molecule has 4 heteroatoms. The van der Waals surface area contributed by atoms with Crippen LogP contribution in [0.2, 0.25) is 0 Å². The van der Waals surface area contributed by atoms with E-state index in [0.29, 0.717) is 13.0 Å². The molecule has 0 unspecified atom stereocenters. The van der Waals surface area contributed by atoms with E-state index in [1.807, 2.05) is 31.2 Å². The highest BCUT2D eigenvalue weighted by Crippen LogP contribution is 2.09. The van der Waals surface area contributed by atoms with Crippen LogP contribution in [0.15, 0.2) is 24.3 Å². The van der Waals surface area contributed by atoms with E-state index in [2.05, 4.69) is 17.2 Å². The third-order valence-corrected chi connectivity index (χ3v) is 2.43. The van der Waals surface area contributed by atoms with E-state index in [1.165, 1.54) is 0 Å². The smallest absolute Gasteiger partial charge is 0.321 e. The zero-order valence-electron chi connectivity index (χ0n) is 10.7. The van der Waals surface area contributed by atoms with Crippen molar-refractivity contribution in [1.82, 2.24) is 4.90 Å². The van der Waals surface area contributed by atoms with E-state index in [-0.39, 0.29) is 12.6 Å². The van der Waals surface area contributed by atoms with Gasteiger partial charge in [0.2, 0.25) is 0 Å². The molecule has 0 aromatic heterocycles. The molecule has 0 heterocycles. The second-order valence-electron chi connectivity index (χ2n) is 3.80. The molecule has 2 N–H and O–H groups in total. The third-order valence-electron chi connectivity index (χ3n) is 2.43. The zero-order valence-corrected chi connectivity index (χ0v) is 10.7. The third kappa shape index (κ3) is 4.48. The highest BCUT2D eigenvalue weighted by atomic mass is 16.2. The van der Waals surface area contributed by atoms with Crippen molar-refractivity contribution in [2.75, 3.05) is 25.5 Å². The number of nitrogens with one attached hydrogen (secondary N) is 1. The summed E-state index contributed by atoms with van der Waals surface area (Å²) in [4.78, 5) is 13.2. The van der Waals surface area contributed by atoms with Gasteiger partial charge in [-0.25, -0.2) is 4.79 Å². The van der Waals surface area contributed by atoms with Gasteiger partial charge in [0.1, 0.15) is 0 Å². The molecule has 0 aliphatic carbocycles. The Kier molecular flexibility index (Phi) is 5.75. The monoisotopic (exact) mass is 246 g/mol. The van der Waals surface area contributed by atoms with Gasteiger partial charge in [0.15, 0.2) is 0 Å². The topological polar surface area (TPSA) is 52.6 Å². The van der Waals surface area contributed by atoms with Crippen LogP contribution in [0, 0.1) is 11.8 Å². The van der Waals surface area contributed by atoms with Gasteiger partial charge in [-0.05, 0) is 31.2 Å².